The molecule has 0 aliphatic rings. The number of carbonyl (C=O) groups is 2. The van der Waals surface area contributed by atoms with Crippen LogP contribution in [0.1, 0.15) is 20.8 Å². The Balaban J connectivity index is 4.86. The molecule has 0 saturated heterocycles. The fraction of sp³-hybridized carbons (Fsp3) is 0.846. The maximum atomic E-state index is 11.0. The minimum Gasteiger partial charge on any atom is -0.463 e. The lowest BCUT2D eigenvalue weighted by atomic mass is 10.0. The lowest BCUT2D eigenvalue weighted by Crippen LogP contribution is -2.49. The summed E-state index contributed by atoms with van der Waals surface area (Å²) in [6.45, 7) is 4.35. The second kappa shape index (κ2) is 9.68. The lowest BCUT2D eigenvalue weighted by molar-refractivity contribution is -0.176. The smallest absolute Gasteiger partial charge is 0.302 e. The second-order valence-corrected chi connectivity index (χ2v) is 4.29. The number of rotatable bonds is 9. The van der Waals surface area contributed by atoms with E-state index in [2.05, 4.69) is 0 Å². The van der Waals surface area contributed by atoms with Gasteiger partial charge in [0.2, 0.25) is 0 Å². The molecule has 0 saturated carbocycles. The van der Waals surface area contributed by atoms with E-state index in [4.69, 9.17) is 23.7 Å². The van der Waals surface area contributed by atoms with Gasteiger partial charge in [0, 0.05) is 35.2 Å². The Kier molecular flexibility index (Phi) is 9.11. The van der Waals surface area contributed by atoms with Gasteiger partial charge in [0.05, 0.1) is 0 Å². The molecule has 0 amide bonds. The Morgan fingerprint density at radius 3 is 1.80 bits per heavy atom. The molecule has 0 unspecified atom stereocenters. The molecule has 0 aromatic rings. The predicted molar refractivity (Wildman–Crippen MR) is 70.3 cm³/mol. The molecule has 0 aromatic heterocycles. The maximum Gasteiger partial charge on any atom is 0.302 e. The van der Waals surface area contributed by atoms with E-state index >= 15 is 0 Å². The van der Waals surface area contributed by atoms with Crippen molar-refractivity contribution in [3.8, 4) is 0 Å². The van der Waals surface area contributed by atoms with Gasteiger partial charge < -0.3 is 23.7 Å². The van der Waals surface area contributed by atoms with E-state index < -0.39 is 36.4 Å². The molecule has 20 heavy (non-hydrogen) atoms. The SMILES string of the molecule is CO[C@H]([C@H](OC)[C@H](C)OC(C)=O)[C@@H](COC(C)=O)OC. The zero-order valence-corrected chi connectivity index (χ0v) is 12.9. The average molecular weight is 292 g/mol. The minimum absolute atomic E-state index is 0.0248. The Morgan fingerprint density at radius 2 is 1.45 bits per heavy atom. The summed E-state index contributed by atoms with van der Waals surface area (Å²) in [5.41, 5.74) is 0. The molecule has 7 heteroatoms. The van der Waals surface area contributed by atoms with Crippen molar-refractivity contribution in [3.05, 3.63) is 0 Å². The third kappa shape index (κ3) is 6.31. The number of carbonyl (C=O) groups excluding carboxylic acids is 2. The van der Waals surface area contributed by atoms with Gasteiger partial charge in [0.25, 0.3) is 0 Å². The fourth-order valence-corrected chi connectivity index (χ4v) is 1.92. The number of esters is 2. The number of ether oxygens (including phenoxy) is 5. The highest BCUT2D eigenvalue weighted by Gasteiger charge is 2.36. The summed E-state index contributed by atoms with van der Waals surface area (Å²) in [6.07, 6.45) is -2.17. The number of hydrogen-bond acceptors (Lipinski definition) is 7. The van der Waals surface area contributed by atoms with Gasteiger partial charge in [-0.25, -0.2) is 0 Å². The van der Waals surface area contributed by atoms with Gasteiger partial charge in [-0.1, -0.05) is 0 Å². The maximum absolute atomic E-state index is 11.0. The van der Waals surface area contributed by atoms with Crippen LogP contribution in [0, 0.1) is 0 Å². The first-order valence-electron chi connectivity index (χ1n) is 6.26. The zero-order valence-electron chi connectivity index (χ0n) is 12.9. The highest BCUT2D eigenvalue weighted by molar-refractivity contribution is 5.66. The van der Waals surface area contributed by atoms with E-state index in [1.807, 2.05) is 0 Å². The van der Waals surface area contributed by atoms with Gasteiger partial charge in [0.1, 0.15) is 31.0 Å². The van der Waals surface area contributed by atoms with Crippen molar-refractivity contribution in [2.75, 3.05) is 27.9 Å². The largest absolute Gasteiger partial charge is 0.463 e. The normalized spacial score (nSPS) is 16.9. The minimum atomic E-state index is -0.557. The Hall–Kier alpha value is -1.18. The molecule has 0 aromatic carbocycles. The Morgan fingerprint density at radius 1 is 0.900 bits per heavy atom. The summed E-state index contributed by atoms with van der Waals surface area (Å²) in [5, 5.41) is 0. The van der Waals surface area contributed by atoms with Crippen LogP contribution in [-0.4, -0.2) is 64.3 Å². The molecule has 0 N–H and O–H groups in total. The van der Waals surface area contributed by atoms with Gasteiger partial charge in [-0.2, -0.15) is 0 Å². The molecular weight excluding hydrogens is 268 g/mol. The van der Waals surface area contributed by atoms with Crippen LogP contribution < -0.4 is 0 Å². The third-order valence-corrected chi connectivity index (χ3v) is 2.80. The van der Waals surface area contributed by atoms with Crippen LogP contribution in [0.2, 0.25) is 0 Å². The van der Waals surface area contributed by atoms with Crippen molar-refractivity contribution < 1.29 is 33.3 Å². The molecule has 0 radical (unpaired) electrons. The van der Waals surface area contributed by atoms with E-state index in [1.165, 1.54) is 35.2 Å². The Labute approximate surface area is 119 Å². The first kappa shape index (κ1) is 18.8. The molecule has 0 heterocycles. The summed E-state index contributed by atoms with van der Waals surface area (Å²) in [5.74, 6) is -0.827. The zero-order chi connectivity index (χ0) is 15.7. The molecule has 118 valence electrons. The molecule has 0 bridgehead atoms. The van der Waals surface area contributed by atoms with Gasteiger partial charge >= 0.3 is 11.9 Å². The van der Waals surface area contributed by atoms with Gasteiger partial charge in [-0.05, 0) is 6.92 Å². The molecule has 0 aliphatic heterocycles. The van der Waals surface area contributed by atoms with Crippen LogP contribution in [-0.2, 0) is 33.3 Å². The number of hydrogen-bond donors (Lipinski definition) is 0. The topological polar surface area (TPSA) is 80.3 Å². The van der Waals surface area contributed by atoms with Crippen molar-refractivity contribution in [1.82, 2.24) is 0 Å². The summed E-state index contributed by atoms with van der Waals surface area (Å²) < 4.78 is 26.0. The van der Waals surface area contributed by atoms with E-state index in [-0.39, 0.29) is 6.61 Å². The summed E-state index contributed by atoms with van der Waals surface area (Å²) in [6, 6.07) is 0. The lowest BCUT2D eigenvalue weighted by Gasteiger charge is -2.33. The summed E-state index contributed by atoms with van der Waals surface area (Å²) >= 11 is 0. The van der Waals surface area contributed by atoms with E-state index in [1.54, 1.807) is 6.92 Å². The molecule has 0 rings (SSSR count). The molecular formula is C13H24O7. The Bertz CT molecular complexity index is 305. The summed E-state index contributed by atoms with van der Waals surface area (Å²) in [4.78, 5) is 21.9. The van der Waals surface area contributed by atoms with Gasteiger partial charge in [-0.3, -0.25) is 9.59 Å². The monoisotopic (exact) mass is 292 g/mol. The second-order valence-electron chi connectivity index (χ2n) is 4.29. The van der Waals surface area contributed by atoms with Crippen molar-refractivity contribution >= 4 is 11.9 Å². The van der Waals surface area contributed by atoms with Crippen molar-refractivity contribution in [2.24, 2.45) is 0 Å². The molecule has 7 nitrogen and oxygen atoms in total. The van der Waals surface area contributed by atoms with Crippen LogP contribution in [0.4, 0.5) is 0 Å². The average Bonchev–Trinajstić information content (AvgIpc) is 2.36. The van der Waals surface area contributed by atoms with Crippen LogP contribution in [0.25, 0.3) is 0 Å². The third-order valence-electron chi connectivity index (χ3n) is 2.80. The predicted octanol–water partition coefficient (Wildman–Crippen LogP) is 0.546. The highest BCUT2D eigenvalue weighted by Crippen LogP contribution is 2.17. The van der Waals surface area contributed by atoms with E-state index in [0.29, 0.717) is 0 Å². The summed E-state index contributed by atoms with van der Waals surface area (Å²) in [7, 11) is 4.44. The molecule has 0 aliphatic carbocycles. The number of methoxy groups -OCH3 is 3. The molecule has 4 atom stereocenters. The van der Waals surface area contributed by atoms with E-state index in [0.717, 1.165) is 0 Å². The van der Waals surface area contributed by atoms with Crippen LogP contribution in [0.15, 0.2) is 0 Å². The van der Waals surface area contributed by atoms with Crippen molar-refractivity contribution in [2.45, 2.75) is 45.2 Å². The first-order chi connectivity index (χ1) is 9.37. The van der Waals surface area contributed by atoms with Crippen LogP contribution >= 0.6 is 0 Å². The van der Waals surface area contributed by atoms with Gasteiger partial charge in [0.15, 0.2) is 0 Å². The quantitative estimate of drug-likeness (QED) is 0.574. The highest BCUT2D eigenvalue weighted by atomic mass is 16.6. The van der Waals surface area contributed by atoms with Crippen molar-refractivity contribution in [1.29, 1.82) is 0 Å². The van der Waals surface area contributed by atoms with E-state index in [9.17, 15) is 9.59 Å². The van der Waals surface area contributed by atoms with Crippen molar-refractivity contribution in [3.63, 3.8) is 0 Å². The standard InChI is InChI=1S/C13H24O7/c1-8(20-10(3)15)12(17-5)13(18-6)11(16-4)7-19-9(2)14/h8,11-13H,7H2,1-6H3/t8-,11+,12+,13-/m0/s1. The van der Waals surface area contributed by atoms with Crippen LogP contribution in [0.3, 0.4) is 0 Å². The van der Waals surface area contributed by atoms with Crippen LogP contribution in [0.5, 0.6) is 0 Å². The first-order valence-corrected chi connectivity index (χ1v) is 6.26. The molecule has 0 spiro atoms. The molecule has 0 fully saturated rings. The van der Waals surface area contributed by atoms with Gasteiger partial charge in [-0.15, -0.1) is 0 Å². The fourth-order valence-electron chi connectivity index (χ4n) is 1.92.